The van der Waals surface area contributed by atoms with Crippen molar-refractivity contribution in [2.75, 3.05) is 33.9 Å². The van der Waals surface area contributed by atoms with Crippen LogP contribution < -0.4 is 10.6 Å². The van der Waals surface area contributed by atoms with E-state index in [2.05, 4.69) is 24.5 Å². The van der Waals surface area contributed by atoms with Crippen LogP contribution >= 0.6 is 0 Å². The summed E-state index contributed by atoms with van der Waals surface area (Å²) in [6.45, 7) is 6.40. The SMILES string of the molecule is COCCC(C)(C)CNC(=O)C1CC(OC)CN1. The molecule has 1 rings (SSSR count). The van der Waals surface area contributed by atoms with E-state index in [4.69, 9.17) is 9.47 Å². The zero-order valence-electron chi connectivity index (χ0n) is 11.9. The van der Waals surface area contributed by atoms with E-state index in [-0.39, 0.29) is 23.5 Å². The van der Waals surface area contributed by atoms with E-state index in [1.807, 2.05) is 0 Å². The molecule has 1 saturated heterocycles. The molecule has 106 valence electrons. The third-order valence-electron chi connectivity index (χ3n) is 3.46. The van der Waals surface area contributed by atoms with Gasteiger partial charge in [0.1, 0.15) is 0 Å². The lowest BCUT2D eigenvalue weighted by Crippen LogP contribution is -2.44. The van der Waals surface area contributed by atoms with Crippen molar-refractivity contribution < 1.29 is 14.3 Å². The highest BCUT2D eigenvalue weighted by Crippen LogP contribution is 2.19. The lowest BCUT2D eigenvalue weighted by atomic mass is 9.89. The molecule has 0 bridgehead atoms. The minimum atomic E-state index is -0.117. The average molecular weight is 258 g/mol. The first kappa shape index (κ1) is 15.4. The third kappa shape index (κ3) is 4.92. The van der Waals surface area contributed by atoms with Crippen LogP contribution in [0.3, 0.4) is 0 Å². The van der Waals surface area contributed by atoms with Crippen molar-refractivity contribution in [1.29, 1.82) is 0 Å². The van der Waals surface area contributed by atoms with Gasteiger partial charge in [0, 0.05) is 33.9 Å². The van der Waals surface area contributed by atoms with Crippen LogP contribution in [-0.2, 0) is 14.3 Å². The molecule has 2 atom stereocenters. The van der Waals surface area contributed by atoms with Crippen molar-refractivity contribution in [3.05, 3.63) is 0 Å². The van der Waals surface area contributed by atoms with Gasteiger partial charge in [-0.25, -0.2) is 0 Å². The topological polar surface area (TPSA) is 59.6 Å². The van der Waals surface area contributed by atoms with Crippen LogP contribution in [0.4, 0.5) is 0 Å². The first-order valence-corrected chi connectivity index (χ1v) is 6.51. The third-order valence-corrected chi connectivity index (χ3v) is 3.46. The average Bonchev–Trinajstić information content (AvgIpc) is 2.82. The van der Waals surface area contributed by atoms with Gasteiger partial charge in [-0.3, -0.25) is 4.79 Å². The fourth-order valence-electron chi connectivity index (χ4n) is 2.00. The van der Waals surface area contributed by atoms with E-state index in [1.54, 1.807) is 14.2 Å². The van der Waals surface area contributed by atoms with E-state index in [0.29, 0.717) is 6.54 Å². The van der Waals surface area contributed by atoms with E-state index >= 15 is 0 Å². The highest BCUT2D eigenvalue weighted by molar-refractivity contribution is 5.82. The molecule has 0 aliphatic carbocycles. The maximum Gasteiger partial charge on any atom is 0.237 e. The smallest absolute Gasteiger partial charge is 0.237 e. The Hall–Kier alpha value is -0.650. The predicted molar refractivity (Wildman–Crippen MR) is 70.5 cm³/mol. The summed E-state index contributed by atoms with van der Waals surface area (Å²) in [5, 5.41) is 6.18. The number of nitrogens with one attached hydrogen (secondary N) is 2. The summed E-state index contributed by atoms with van der Waals surface area (Å²) >= 11 is 0. The summed E-state index contributed by atoms with van der Waals surface area (Å²) in [4.78, 5) is 12.0. The molecule has 0 aromatic carbocycles. The number of carbonyl (C=O) groups excluding carboxylic acids is 1. The molecule has 0 aromatic heterocycles. The molecule has 0 spiro atoms. The number of hydrogen-bond donors (Lipinski definition) is 2. The van der Waals surface area contributed by atoms with Gasteiger partial charge < -0.3 is 20.1 Å². The molecule has 0 radical (unpaired) electrons. The van der Waals surface area contributed by atoms with Gasteiger partial charge in [-0.05, 0) is 18.3 Å². The van der Waals surface area contributed by atoms with Crippen molar-refractivity contribution in [1.82, 2.24) is 10.6 Å². The van der Waals surface area contributed by atoms with Crippen molar-refractivity contribution >= 4 is 5.91 Å². The van der Waals surface area contributed by atoms with Gasteiger partial charge in [0.2, 0.25) is 5.91 Å². The summed E-state index contributed by atoms with van der Waals surface area (Å²) in [6.07, 6.45) is 1.84. The molecular formula is C13H26N2O3. The fourth-order valence-corrected chi connectivity index (χ4v) is 2.00. The van der Waals surface area contributed by atoms with E-state index in [9.17, 15) is 4.79 Å². The lowest BCUT2D eigenvalue weighted by Gasteiger charge is -2.25. The second-order valence-corrected chi connectivity index (χ2v) is 5.68. The Morgan fingerprint density at radius 2 is 2.17 bits per heavy atom. The van der Waals surface area contributed by atoms with E-state index in [0.717, 1.165) is 26.0 Å². The van der Waals surface area contributed by atoms with Gasteiger partial charge in [-0.1, -0.05) is 13.8 Å². The maximum absolute atomic E-state index is 12.0. The van der Waals surface area contributed by atoms with Crippen molar-refractivity contribution in [3.8, 4) is 0 Å². The zero-order valence-corrected chi connectivity index (χ0v) is 11.9. The number of hydrogen-bond acceptors (Lipinski definition) is 4. The van der Waals surface area contributed by atoms with Crippen LogP contribution in [0.2, 0.25) is 0 Å². The first-order chi connectivity index (χ1) is 8.48. The van der Waals surface area contributed by atoms with E-state index in [1.165, 1.54) is 0 Å². The molecule has 1 aliphatic rings. The Morgan fingerprint density at radius 3 is 2.72 bits per heavy atom. The molecule has 1 heterocycles. The summed E-state index contributed by atoms with van der Waals surface area (Å²) in [5.74, 6) is 0.0695. The fraction of sp³-hybridized carbons (Fsp3) is 0.923. The standard InChI is InChI=1S/C13H26N2O3/c1-13(2,5-6-17-3)9-15-12(16)11-7-10(18-4)8-14-11/h10-11,14H,5-9H2,1-4H3,(H,15,16). The Morgan fingerprint density at radius 1 is 1.44 bits per heavy atom. The van der Waals surface area contributed by atoms with Gasteiger partial charge in [0.05, 0.1) is 12.1 Å². The molecule has 1 fully saturated rings. The first-order valence-electron chi connectivity index (χ1n) is 6.51. The van der Waals surface area contributed by atoms with Crippen LogP contribution in [0, 0.1) is 5.41 Å². The molecule has 18 heavy (non-hydrogen) atoms. The Kier molecular flexibility index (Phi) is 6.05. The quantitative estimate of drug-likeness (QED) is 0.700. The predicted octanol–water partition coefficient (Wildman–Crippen LogP) is 0.542. The number of amides is 1. The molecule has 1 amide bonds. The summed E-state index contributed by atoms with van der Waals surface area (Å²) in [6, 6.07) is -0.117. The zero-order chi connectivity index (χ0) is 13.6. The van der Waals surface area contributed by atoms with Gasteiger partial charge >= 0.3 is 0 Å². The summed E-state index contributed by atoms with van der Waals surface area (Å²) in [5.41, 5.74) is 0.0604. The number of rotatable bonds is 7. The number of carbonyl (C=O) groups is 1. The summed E-state index contributed by atoms with van der Waals surface area (Å²) in [7, 11) is 3.38. The second kappa shape index (κ2) is 7.07. The minimum absolute atomic E-state index is 0.0604. The Labute approximate surface area is 110 Å². The molecular weight excluding hydrogens is 232 g/mol. The van der Waals surface area contributed by atoms with Crippen LogP contribution in [0.5, 0.6) is 0 Å². The Bertz CT molecular complexity index is 269. The van der Waals surface area contributed by atoms with Gasteiger partial charge in [0.25, 0.3) is 0 Å². The monoisotopic (exact) mass is 258 g/mol. The van der Waals surface area contributed by atoms with Crippen LogP contribution in [0.25, 0.3) is 0 Å². The van der Waals surface area contributed by atoms with Crippen molar-refractivity contribution in [2.24, 2.45) is 5.41 Å². The van der Waals surface area contributed by atoms with Crippen LogP contribution in [0.15, 0.2) is 0 Å². The highest BCUT2D eigenvalue weighted by Gasteiger charge is 2.30. The van der Waals surface area contributed by atoms with Gasteiger partial charge in [0.15, 0.2) is 0 Å². The molecule has 0 aromatic rings. The van der Waals surface area contributed by atoms with Crippen molar-refractivity contribution in [2.45, 2.75) is 38.8 Å². The Balaban J connectivity index is 2.28. The van der Waals surface area contributed by atoms with Crippen LogP contribution in [-0.4, -0.2) is 52.0 Å². The molecule has 0 saturated carbocycles. The molecule has 1 aliphatic heterocycles. The lowest BCUT2D eigenvalue weighted by molar-refractivity contribution is -0.123. The maximum atomic E-state index is 12.0. The normalized spacial score (nSPS) is 24.2. The molecule has 5 heteroatoms. The van der Waals surface area contributed by atoms with Gasteiger partial charge in [-0.2, -0.15) is 0 Å². The number of methoxy groups -OCH3 is 2. The van der Waals surface area contributed by atoms with Gasteiger partial charge in [-0.15, -0.1) is 0 Å². The molecule has 2 N–H and O–H groups in total. The second-order valence-electron chi connectivity index (χ2n) is 5.68. The minimum Gasteiger partial charge on any atom is -0.385 e. The number of ether oxygens (including phenoxy) is 2. The van der Waals surface area contributed by atoms with E-state index < -0.39 is 0 Å². The largest absolute Gasteiger partial charge is 0.385 e. The molecule has 2 unspecified atom stereocenters. The van der Waals surface area contributed by atoms with Crippen molar-refractivity contribution in [3.63, 3.8) is 0 Å². The molecule has 5 nitrogen and oxygen atoms in total. The van der Waals surface area contributed by atoms with Crippen LogP contribution in [0.1, 0.15) is 26.7 Å². The highest BCUT2D eigenvalue weighted by atomic mass is 16.5. The summed E-state index contributed by atoms with van der Waals surface area (Å²) < 4.78 is 10.3.